The molecule has 4 aromatic rings. The normalized spacial score (nSPS) is 12.7. The highest BCUT2D eigenvalue weighted by atomic mass is 31.1. The molecule has 0 spiro atoms. The van der Waals surface area contributed by atoms with E-state index in [1.165, 1.54) is 32.3 Å². The molecular weight excluding hydrogens is 454 g/mol. The van der Waals surface area contributed by atoms with Crippen molar-refractivity contribution in [3.63, 3.8) is 0 Å². The van der Waals surface area contributed by atoms with Crippen LogP contribution in [-0.2, 0) is 0 Å². The van der Waals surface area contributed by atoms with Crippen LogP contribution in [0, 0.1) is 13.8 Å². The van der Waals surface area contributed by atoms with E-state index in [2.05, 4.69) is 111 Å². The van der Waals surface area contributed by atoms with E-state index >= 15 is 0 Å². The lowest BCUT2D eigenvalue weighted by Gasteiger charge is -2.26. The summed E-state index contributed by atoms with van der Waals surface area (Å²) < 4.78 is 11.7. The third kappa shape index (κ3) is 5.69. The largest absolute Gasteiger partial charge is 0.496 e. The molecule has 0 amide bonds. The number of aryl methyl sites for hydroxylation is 2. The minimum atomic E-state index is -0.573. The maximum absolute atomic E-state index is 5.86. The van der Waals surface area contributed by atoms with Crippen LogP contribution in [0.2, 0.25) is 0 Å². The Balaban J connectivity index is 1.74. The molecule has 0 aliphatic carbocycles. The van der Waals surface area contributed by atoms with Gasteiger partial charge in [-0.05, 0) is 75.9 Å². The van der Waals surface area contributed by atoms with Gasteiger partial charge in [-0.25, -0.2) is 0 Å². The third-order valence-electron chi connectivity index (χ3n) is 5.93. The zero-order valence-corrected chi connectivity index (χ0v) is 22.2. The van der Waals surface area contributed by atoms with Crippen molar-refractivity contribution < 1.29 is 9.47 Å². The van der Waals surface area contributed by atoms with E-state index in [0.29, 0.717) is 0 Å². The Morgan fingerprint density at radius 2 is 0.912 bits per heavy atom. The molecule has 0 radical (unpaired) electrons. The molecule has 2 atom stereocenters. The van der Waals surface area contributed by atoms with Crippen LogP contribution in [0.4, 0.5) is 0 Å². The molecule has 0 fully saturated rings. The molecule has 0 aliphatic rings. The van der Waals surface area contributed by atoms with Crippen LogP contribution in [0.15, 0.2) is 97.1 Å². The van der Waals surface area contributed by atoms with Crippen LogP contribution in [0.5, 0.6) is 11.5 Å². The molecule has 0 saturated carbocycles. The van der Waals surface area contributed by atoms with Crippen molar-refractivity contribution in [3.05, 3.63) is 108 Å². The molecule has 0 heterocycles. The molecule has 4 aromatic carbocycles. The predicted octanol–water partition coefficient (Wildman–Crippen LogP) is 5.89. The molecule has 0 saturated heterocycles. The van der Waals surface area contributed by atoms with Gasteiger partial charge in [0, 0.05) is 10.6 Å². The van der Waals surface area contributed by atoms with Gasteiger partial charge in [-0.1, -0.05) is 84.9 Å². The molecule has 4 heteroatoms. The summed E-state index contributed by atoms with van der Waals surface area (Å²) in [7, 11) is 2.42. The highest BCUT2D eigenvalue weighted by Crippen LogP contribution is 2.44. The quantitative estimate of drug-likeness (QED) is 0.275. The molecule has 2 unspecified atom stereocenters. The van der Waals surface area contributed by atoms with Crippen LogP contribution in [0.1, 0.15) is 11.1 Å². The molecule has 174 valence electrons. The number of methoxy groups -OCH3 is 2. The fourth-order valence-corrected chi connectivity index (χ4v) is 9.78. The lowest BCUT2D eigenvalue weighted by molar-refractivity contribution is 0.418. The molecule has 0 aliphatic heterocycles. The van der Waals surface area contributed by atoms with Gasteiger partial charge in [0.05, 0.1) is 14.2 Å². The number of rotatable bonds is 9. The second-order valence-corrected chi connectivity index (χ2v) is 12.9. The van der Waals surface area contributed by atoms with Gasteiger partial charge in [0.15, 0.2) is 0 Å². The highest BCUT2D eigenvalue weighted by Gasteiger charge is 2.23. The predicted molar refractivity (Wildman–Crippen MR) is 150 cm³/mol. The Labute approximate surface area is 206 Å². The highest BCUT2D eigenvalue weighted by molar-refractivity contribution is 7.76. The van der Waals surface area contributed by atoms with Crippen LogP contribution in [0.25, 0.3) is 0 Å². The second-order valence-electron chi connectivity index (χ2n) is 8.32. The maximum atomic E-state index is 5.86. The zero-order chi connectivity index (χ0) is 23.9. The van der Waals surface area contributed by atoms with E-state index in [4.69, 9.17) is 9.47 Å². The maximum Gasteiger partial charge on any atom is 0.127 e. The standard InChI is InChI=1S/C30H32O2P2/c1-23-15-17-29(27(21-23)31-3)33(25-11-7-5-8-12-25)19-20-34(26-13-9-6-10-14-26)30-18-16-24(2)22-28(30)32-4/h5-18,21-22H,19-20H2,1-4H3. The Hall–Kier alpha value is -2.66. The summed E-state index contributed by atoms with van der Waals surface area (Å²) in [5, 5.41) is 5.40. The first-order valence-corrected chi connectivity index (χ1v) is 14.6. The molecular formula is C30H32O2P2. The van der Waals surface area contributed by atoms with Crippen molar-refractivity contribution >= 4 is 37.1 Å². The first kappa shape index (κ1) is 24.5. The van der Waals surface area contributed by atoms with Gasteiger partial charge in [0.1, 0.15) is 11.5 Å². The van der Waals surface area contributed by atoms with E-state index < -0.39 is 15.8 Å². The van der Waals surface area contributed by atoms with Crippen molar-refractivity contribution in [1.82, 2.24) is 0 Å². The van der Waals surface area contributed by atoms with E-state index in [1.54, 1.807) is 14.2 Å². The lowest BCUT2D eigenvalue weighted by Crippen LogP contribution is -2.21. The zero-order valence-electron chi connectivity index (χ0n) is 20.4. The first-order valence-electron chi connectivity index (χ1n) is 11.5. The fraction of sp³-hybridized carbons (Fsp3) is 0.200. The smallest absolute Gasteiger partial charge is 0.127 e. The molecule has 34 heavy (non-hydrogen) atoms. The summed E-state index contributed by atoms with van der Waals surface area (Å²) >= 11 is 0. The van der Waals surface area contributed by atoms with Gasteiger partial charge < -0.3 is 9.47 Å². The summed E-state index contributed by atoms with van der Waals surface area (Å²) in [6.45, 7) is 4.24. The Kier molecular flexibility index (Phi) is 8.39. The fourth-order valence-electron chi connectivity index (χ4n) is 4.21. The average molecular weight is 487 g/mol. The SMILES string of the molecule is COc1cc(C)ccc1P(CCP(c1ccccc1)c1ccc(C)cc1OC)c1ccccc1. The first-order chi connectivity index (χ1) is 16.6. The minimum absolute atomic E-state index is 0.573. The van der Waals surface area contributed by atoms with Gasteiger partial charge in [-0.15, -0.1) is 0 Å². The molecule has 2 nitrogen and oxygen atoms in total. The molecule has 4 rings (SSSR count). The van der Waals surface area contributed by atoms with E-state index in [1.807, 2.05) is 0 Å². The third-order valence-corrected chi connectivity index (χ3v) is 11.4. The van der Waals surface area contributed by atoms with Crippen molar-refractivity contribution in [2.75, 3.05) is 26.5 Å². The molecule has 0 aromatic heterocycles. The Morgan fingerprint density at radius 1 is 0.529 bits per heavy atom. The van der Waals surface area contributed by atoms with Gasteiger partial charge in [0.2, 0.25) is 0 Å². The summed E-state index contributed by atoms with van der Waals surface area (Å²) in [5.41, 5.74) is 2.44. The topological polar surface area (TPSA) is 18.5 Å². The minimum Gasteiger partial charge on any atom is -0.496 e. The van der Waals surface area contributed by atoms with Crippen LogP contribution in [-0.4, -0.2) is 26.5 Å². The van der Waals surface area contributed by atoms with Crippen LogP contribution >= 0.6 is 15.8 Å². The van der Waals surface area contributed by atoms with Gasteiger partial charge in [0.25, 0.3) is 0 Å². The van der Waals surface area contributed by atoms with Crippen LogP contribution in [0.3, 0.4) is 0 Å². The van der Waals surface area contributed by atoms with E-state index in [0.717, 1.165) is 23.8 Å². The number of ether oxygens (including phenoxy) is 2. The Morgan fingerprint density at radius 3 is 1.26 bits per heavy atom. The van der Waals surface area contributed by atoms with Crippen molar-refractivity contribution in [2.45, 2.75) is 13.8 Å². The van der Waals surface area contributed by atoms with Crippen LogP contribution < -0.4 is 30.7 Å². The van der Waals surface area contributed by atoms with Crippen molar-refractivity contribution in [3.8, 4) is 11.5 Å². The summed E-state index contributed by atoms with van der Waals surface area (Å²) in [6.07, 6.45) is 2.16. The Bertz CT molecular complexity index is 1110. The molecule has 0 bridgehead atoms. The number of hydrogen-bond donors (Lipinski definition) is 0. The average Bonchev–Trinajstić information content (AvgIpc) is 2.88. The van der Waals surface area contributed by atoms with E-state index in [9.17, 15) is 0 Å². The summed E-state index contributed by atoms with van der Waals surface area (Å²) in [4.78, 5) is 0. The van der Waals surface area contributed by atoms with Crippen molar-refractivity contribution in [1.29, 1.82) is 0 Å². The number of benzene rings is 4. The number of hydrogen-bond acceptors (Lipinski definition) is 2. The van der Waals surface area contributed by atoms with Gasteiger partial charge >= 0.3 is 0 Å². The van der Waals surface area contributed by atoms with Gasteiger partial charge in [-0.2, -0.15) is 0 Å². The molecule has 0 N–H and O–H groups in total. The van der Waals surface area contributed by atoms with E-state index in [-0.39, 0.29) is 0 Å². The summed E-state index contributed by atoms with van der Waals surface area (Å²) in [5.74, 6) is 1.99. The summed E-state index contributed by atoms with van der Waals surface area (Å²) in [6, 6.07) is 35.1. The monoisotopic (exact) mass is 486 g/mol. The van der Waals surface area contributed by atoms with Crippen molar-refractivity contribution in [2.24, 2.45) is 0 Å². The van der Waals surface area contributed by atoms with Gasteiger partial charge in [-0.3, -0.25) is 0 Å². The second kappa shape index (κ2) is 11.7. The lowest BCUT2D eigenvalue weighted by atomic mass is 10.2.